The Kier molecular flexibility index (Phi) is 4.66. The third-order valence-electron chi connectivity index (χ3n) is 3.07. The third-order valence-corrected chi connectivity index (χ3v) is 3.07. The van der Waals surface area contributed by atoms with Gasteiger partial charge in [0.1, 0.15) is 6.04 Å². The van der Waals surface area contributed by atoms with E-state index in [-0.39, 0.29) is 6.42 Å². The molecule has 0 unspecified atom stereocenters. The second-order valence-corrected chi connectivity index (χ2v) is 4.79. The van der Waals surface area contributed by atoms with E-state index in [0.717, 1.165) is 11.1 Å². The number of hydrogen-bond donors (Lipinski definition) is 2. The molecule has 0 aliphatic rings. The van der Waals surface area contributed by atoms with E-state index in [1.54, 1.807) is 12.1 Å². The second-order valence-electron chi connectivity index (χ2n) is 4.79. The Morgan fingerprint density at radius 1 is 1.24 bits per heavy atom. The maximum Gasteiger partial charge on any atom is 0.326 e. The van der Waals surface area contributed by atoms with Crippen LogP contribution in [0.4, 0.5) is 0 Å². The lowest BCUT2D eigenvalue weighted by Gasteiger charge is -2.15. The van der Waals surface area contributed by atoms with Crippen molar-refractivity contribution in [3.63, 3.8) is 0 Å². The molecule has 5 nitrogen and oxygen atoms in total. The third kappa shape index (κ3) is 4.14. The molecule has 1 aromatic heterocycles. The predicted molar refractivity (Wildman–Crippen MR) is 78.0 cm³/mol. The van der Waals surface area contributed by atoms with E-state index in [1.165, 1.54) is 12.4 Å². The lowest BCUT2D eigenvalue weighted by molar-refractivity contribution is -0.139. The first kappa shape index (κ1) is 14.7. The Morgan fingerprint density at radius 2 is 1.95 bits per heavy atom. The summed E-state index contributed by atoms with van der Waals surface area (Å²) < 4.78 is 0. The maximum atomic E-state index is 12.0. The lowest BCUT2D eigenvalue weighted by atomic mass is 10.0. The van der Waals surface area contributed by atoms with Gasteiger partial charge >= 0.3 is 5.97 Å². The minimum absolute atomic E-state index is 0.244. The highest BCUT2D eigenvalue weighted by Crippen LogP contribution is 2.08. The normalized spacial score (nSPS) is 11.7. The molecule has 108 valence electrons. The lowest BCUT2D eigenvalue weighted by Crippen LogP contribution is -2.42. The molecule has 21 heavy (non-hydrogen) atoms. The molecule has 1 atom stereocenters. The number of nitrogens with one attached hydrogen (secondary N) is 1. The van der Waals surface area contributed by atoms with Gasteiger partial charge in [0.2, 0.25) is 0 Å². The monoisotopic (exact) mass is 284 g/mol. The van der Waals surface area contributed by atoms with Crippen LogP contribution in [0.15, 0.2) is 48.8 Å². The van der Waals surface area contributed by atoms with Gasteiger partial charge in [-0.3, -0.25) is 9.78 Å². The average molecular weight is 284 g/mol. The minimum atomic E-state index is -1.06. The van der Waals surface area contributed by atoms with Crippen LogP contribution in [0.1, 0.15) is 21.5 Å². The zero-order chi connectivity index (χ0) is 15.2. The van der Waals surface area contributed by atoms with E-state index in [1.807, 2.05) is 31.2 Å². The Balaban J connectivity index is 2.09. The van der Waals surface area contributed by atoms with Crippen LogP contribution >= 0.6 is 0 Å². The van der Waals surface area contributed by atoms with Crippen molar-refractivity contribution >= 4 is 11.9 Å². The van der Waals surface area contributed by atoms with Gasteiger partial charge in [0.25, 0.3) is 5.91 Å². The van der Waals surface area contributed by atoms with Crippen LogP contribution in [-0.2, 0) is 11.2 Å². The van der Waals surface area contributed by atoms with E-state index in [2.05, 4.69) is 10.3 Å². The summed E-state index contributed by atoms with van der Waals surface area (Å²) in [6.07, 6.45) is 3.23. The molecule has 5 heteroatoms. The number of nitrogens with zero attached hydrogens (tertiary/aromatic N) is 1. The van der Waals surface area contributed by atoms with Crippen LogP contribution in [0.3, 0.4) is 0 Å². The number of aryl methyl sites for hydroxylation is 1. The number of rotatable bonds is 5. The van der Waals surface area contributed by atoms with Crippen molar-refractivity contribution in [2.24, 2.45) is 0 Å². The molecule has 2 rings (SSSR count). The molecular formula is C16H16N2O3. The van der Waals surface area contributed by atoms with Crippen LogP contribution in [0, 0.1) is 6.92 Å². The summed E-state index contributed by atoms with van der Waals surface area (Å²) in [7, 11) is 0. The van der Waals surface area contributed by atoms with Crippen molar-refractivity contribution in [2.75, 3.05) is 0 Å². The number of aromatic nitrogens is 1. The first-order valence-electron chi connectivity index (χ1n) is 6.55. The quantitative estimate of drug-likeness (QED) is 0.877. The molecule has 2 N–H and O–H groups in total. The molecule has 0 aliphatic heterocycles. The van der Waals surface area contributed by atoms with E-state index in [9.17, 15) is 14.7 Å². The molecule has 0 fully saturated rings. The smallest absolute Gasteiger partial charge is 0.326 e. The molecule has 0 saturated carbocycles. The molecule has 0 radical (unpaired) electrons. The molecule has 1 aromatic carbocycles. The fraction of sp³-hybridized carbons (Fsp3) is 0.188. The minimum Gasteiger partial charge on any atom is -0.480 e. The van der Waals surface area contributed by atoms with Gasteiger partial charge in [-0.1, -0.05) is 29.8 Å². The van der Waals surface area contributed by atoms with Gasteiger partial charge in [-0.15, -0.1) is 0 Å². The number of carbonyl (C=O) groups is 2. The predicted octanol–water partition coefficient (Wildman–Crippen LogP) is 1.82. The Bertz CT molecular complexity index is 641. The van der Waals surface area contributed by atoms with E-state index in [4.69, 9.17) is 0 Å². The number of amides is 1. The molecule has 0 aliphatic carbocycles. The summed E-state index contributed by atoms with van der Waals surface area (Å²) in [6.45, 7) is 1.94. The zero-order valence-electron chi connectivity index (χ0n) is 11.6. The van der Waals surface area contributed by atoms with Gasteiger partial charge in [0.15, 0.2) is 0 Å². The standard InChI is InChI=1S/C16H16N2O3/c1-11-3-2-4-12(9-11)10-14(16(20)21)18-15(19)13-5-7-17-8-6-13/h2-9,14H,10H2,1H3,(H,18,19)(H,20,21)/t14-/m1/s1. The first-order valence-corrected chi connectivity index (χ1v) is 6.55. The van der Waals surface area contributed by atoms with Gasteiger partial charge in [-0.05, 0) is 24.6 Å². The SMILES string of the molecule is Cc1cccc(C[C@@H](NC(=O)c2ccncc2)C(=O)O)c1. The number of carbonyl (C=O) groups excluding carboxylic acids is 1. The highest BCUT2D eigenvalue weighted by Gasteiger charge is 2.21. The topological polar surface area (TPSA) is 79.3 Å². The summed E-state index contributed by atoms with van der Waals surface area (Å²) in [5, 5.41) is 11.8. The van der Waals surface area contributed by atoms with Crippen molar-refractivity contribution < 1.29 is 14.7 Å². The number of hydrogen-bond acceptors (Lipinski definition) is 3. The summed E-state index contributed by atoms with van der Waals surface area (Å²) in [5.74, 6) is -1.48. The second kappa shape index (κ2) is 6.65. The van der Waals surface area contributed by atoms with Crippen LogP contribution in [0.25, 0.3) is 0 Å². The van der Waals surface area contributed by atoms with Crippen molar-refractivity contribution in [2.45, 2.75) is 19.4 Å². The molecule has 1 heterocycles. The summed E-state index contributed by atoms with van der Waals surface area (Å²) >= 11 is 0. The number of aliphatic carboxylic acids is 1. The maximum absolute atomic E-state index is 12.0. The van der Waals surface area contributed by atoms with Crippen molar-refractivity contribution in [3.05, 3.63) is 65.5 Å². The first-order chi connectivity index (χ1) is 10.1. The van der Waals surface area contributed by atoms with Gasteiger partial charge < -0.3 is 10.4 Å². The van der Waals surface area contributed by atoms with Crippen LogP contribution in [-0.4, -0.2) is 28.0 Å². The molecular weight excluding hydrogens is 268 g/mol. The summed E-state index contributed by atoms with van der Waals surface area (Å²) in [5.41, 5.74) is 2.31. The van der Waals surface area contributed by atoms with Crippen molar-refractivity contribution in [1.29, 1.82) is 0 Å². The molecule has 0 spiro atoms. The van der Waals surface area contributed by atoms with Crippen molar-refractivity contribution in [1.82, 2.24) is 10.3 Å². The fourth-order valence-corrected chi connectivity index (χ4v) is 2.02. The Labute approximate surface area is 122 Å². The summed E-state index contributed by atoms with van der Waals surface area (Å²) in [6, 6.07) is 9.69. The van der Waals surface area contributed by atoms with Gasteiger partial charge in [-0.2, -0.15) is 0 Å². The van der Waals surface area contributed by atoms with Crippen LogP contribution in [0.5, 0.6) is 0 Å². The summed E-state index contributed by atoms with van der Waals surface area (Å²) in [4.78, 5) is 27.2. The number of benzene rings is 1. The number of carboxylic acid groups (broad SMARTS) is 1. The number of pyridine rings is 1. The van der Waals surface area contributed by atoms with Crippen LogP contribution < -0.4 is 5.32 Å². The van der Waals surface area contributed by atoms with Gasteiger partial charge in [0, 0.05) is 24.4 Å². The highest BCUT2D eigenvalue weighted by atomic mass is 16.4. The largest absolute Gasteiger partial charge is 0.480 e. The Hall–Kier alpha value is -2.69. The molecule has 0 saturated heterocycles. The van der Waals surface area contributed by atoms with E-state index in [0.29, 0.717) is 5.56 Å². The molecule has 2 aromatic rings. The van der Waals surface area contributed by atoms with E-state index < -0.39 is 17.9 Å². The highest BCUT2D eigenvalue weighted by molar-refractivity contribution is 5.96. The fourth-order valence-electron chi connectivity index (χ4n) is 2.02. The van der Waals surface area contributed by atoms with Gasteiger partial charge in [0.05, 0.1) is 0 Å². The molecule has 1 amide bonds. The van der Waals surface area contributed by atoms with Crippen molar-refractivity contribution in [3.8, 4) is 0 Å². The number of carboxylic acids is 1. The zero-order valence-corrected chi connectivity index (χ0v) is 11.6. The van der Waals surface area contributed by atoms with Gasteiger partial charge in [-0.25, -0.2) is 4.79 Å². The average Bonchev–Trinajstić information content (AvgIpc) is 2.47. The van der Waals surface area contributed by atoms with E-state index >= 15 is 0 Å². The Morgan fingerprint density at radius 3 is 2.57 bits per heavy atom. The van der Waals surface area contributed by atoms with Crippen LogP contribution in [0.2, 0.25) is 0 Å². The molecule has 0 bridgehead atoms.